The molecule has 0 bridgehead atoms. The van der Waals surface area contributed by atoms with Gasteiger partial charge >= 0.3 is 0 Å². The van der Waals surface area contributed by atoms with E-state index in [2.05, 4.69) is 67.4 Å². The van der Waals surface area contributed by atoms with Gasteiger partial charge in [0.15, 0.2) is 0 Å². The maximum Gasteiger partial charge on any atom is 0.283 e. The van der Waals surface area contributed by atoms with Crippen LogP contribution in [0.15, 0.2) is 79.4 Å². The molecule has 0 radical (unpaired) electrons. The Kier molecular flexibility index (Phi) is 17.0. The summed E-state index contributed by atoms with van der Waals surface area (Å²) >= 11 is 0. The van der Waals surface area contributed by atoms with Crippen molar-refractivity contribution in [3.8, 4) is 17.2 Å². The van der Waals surface area contributed by atoms with Crippen molar-refractivity contribution in [2.45, 2.75) is 72.6 Å². The first-order chi connectivity index (χ1) is 21.3. The van der Waals surface area contributed by atoms with E-state index in [1.165, 1.54) is 18.4 Å². The number of aliphatic hydroxyl groups excluding tert-OH is 1. The Morgan fingerprint density at radius 3 is 2.33 bits per heavy atom. The van der Waals surface area contributed by atoms with Crippen LogP contribution in [0.3, 0.4) is 0 Å². The second-order valence-corrected chi connectivity index (χ2v) is 11.0. The third kappa shape index (κ3) is 14.3. The van der Waals surface area contributed by atoms with Gasteiger partial charge in [0.25, 0.3) is 5.92 Å². The van der Waals surface area contributed by atoms with Gasteiger partial charge in [0.05, 0.1) is 17.7 Å². The predicted octanol–water partition coefficient (Wildman–Crippen LogP) is 8.64. The van der Waals surface area contributed by atoms with Gasteiger partial charge in [-0.3, -0.25) is 0 Å². The van der Waals surface area contributed by atoms with E-state index in [4.69, 9.17) is 5.73 Å². The molecule has 0 aliphatic heterocycles. The minimum atomic E-state index is -2.92. The Labute approximate surface area is 268 Å². The zero-order chi connectivity index (χ0) is 34.0. The van der Waals surface area contributed by atoms with Gasteiger partial charge in [0.1, 0.15) is 17.5 Å². The van der Waals surface area contributed by atoms with Crippen LogP contribution in [0.1, 0.15) is 77.1 Å². The Morgan fingerprint density at radius 2 is 1.84 bits per heavy atom. The van der Waals surface area contributed by atoms with E-state index < -0.39 is 11.6 Å². The summed E-state index contributed by atoms with van der Waals surface area (Å²) in [5, 5.41) is 26.4. The molecule has 1 heterocycles. The van der Waals surface area contributed by atoms with Crippen LogP contribution in [0.4, 0.5) is 20.3 Å². The number of anilines is 2. The van der Waals surface area contributed by atoms with Crippen LogP contribution < -0.4 is 22.1 Å². The summed E-state index contributed by atoms with van der Waals surface area (Å²) in [7, 11) is 0. The molecule has 244 valence electrons. The fourth-order valence-corrected chi connectivity index (χ4v) is 3.69. The average Bonchev–Trinajstić information content (AvgIpc) is 3.78. The smallest absolute Gasteiger partial charge is 0.283 e. The van der Waals surface area contributed by atoms with Crippen molar-refractivity contribution in [2.24, 2.45) is 11.7 Å². The number of aryl methyl sites for hydroxylation is 1. The second kappa shape index (κ2) is 19.8. The average molecular weight is 621 g/mol. The van der Waals surface area contributed by atoms with E-state index in [-0.39, 0.29) is 5.82 Å². The summed E-state index contributed by atoms with van der Waals surface area (Å²) in [4.78, 5) is 4.35. The van der Waals surface area contributed by atoms with Gasteiger partial charge in [-0.1, -0.05) is 83.6 Å². The minimum absolute atomic E-state index is 0.120. The molecule has 1 aliphatic carbocycles. The molecule has 1 fully saturated rings. The van der Waals surface area contributed by atoms with Crippen LogP contribution in [-0.4, -0.2) is 29.1 Å². The summed E-state index contributed by atoms with van der Waals surface area (Å²) in [6.07, 6.45) is 14.2. The number of pyridine rings is 1. The van der Waals surface area contributed by atoms with Crippen molar-refractivity contribution in [1.82, 2.24) is 10.3 Å². The monoisotopic (exact) mass is 620 g/mol. The van der Waals surface area contributed by atoms with Gasteiger partial charge < -0.3 is 27.2 Å². The SMILES string of the molecule is C=C(CNCCC)Nc1cc(-c2cc(C(/C=C\C=C/C)=C\O)nc(N)c2C#N)ccc1CCC.C=C(N)C(C)(F)F.CC1CC1. The Bertz CT molecular complexity index is 1400. The molecule has 1 aromatic carbocycles. The van der Waals surface area contributed by atoms with E-state index in [0.29, 0.717) is 35.9 Å². The third-order valence-electron chi connectivity index (χ3n) is 6.62. The molecule has 1 aromatic heterocycles. The van der Waals surface area contributed by atoms with Gasteiger partial charge in [-0.05, 0) is 61.6 Å². The van der Waals surface area contributed by atoms with E-state index in [1.807, 2.05) is 31.2 Å². The molecule has 7 N–H and O–H groups in total. The maximum atomic E-state index is 11.6. The lowest BCUT2D eigenvalue weighted by atomic mass is 9.95. The molecule has 1 aliphatic rings. The summed E-state index contributed by atoms with van der Waals surface area (Å²) in [5.41, 5.74) is 16.0. The van der Waals surface area contributed by atoms with E-state index in [9.17, 15) is 19.1 Å². The lowest BCUT2D eigenvalue weighted by Crippen LogP contribution is -2.21. The number of hydrogen-bond donors (Lipinski definition) is 5. The molecule has 1 saturated carbocycles. The predicted molar refractivity (Wildman–Crippen MR) is 186 cm³/mol. The first-order valence-corrected chi connectivity index (χ1v) is 15.3. The van der Waals surface area contributed by atoms with Gasteiger partial charge in [0.2, 0.25) is 0 Å². The van der Waals surface area contributed by atoms with Crippen molar-refractivity contribution >= 4 is 17.1 Å². The largest absolute Gasteiger partial charge is 0.515 e. The van der Waals surface area contributed by atoms with Gasteiger partial charge in [0, 0.05) is 36.0 Å². The summed E-state index contributed by atoms with van der Waals surface area (Å²) < 4.78 is 23.2. The molecule has 2 aromatic rings. The summed E-state index contributed by atoms with van der Waals surface area (Å²) in [6, 6.07) is 10.1. The van der Waals surface area contributed by atoms with Gasteiger partial charge in [-0.15, -0.1) is 0 Å². The van der Waals surface area contributed by atoms with E-state index in [0.717, 1.165) is 54.9 Å². The molecule has 45 heavy (non-hydrogen) atoms. The number of nitrogens with zero attached hydrogens (tertiary/aromatic N) is 2. The Balaban J connectivity index is 0.000000773. The number of nitrogens with two attached hydrogens (primary N) is 2. The number of nitriles is 1. The first kappa shape index (κ1) is 38.6. The van der Waals surface area contributed by atoms with Crippen LogP contribution in [0.2, 0.25) is 0 Å². The van der Waals surface area contributed by atoms with Crippen LogP contribution in [0.25, 0.3) is 16.7 Å². The fraction of sp³-hybridized carbons (Fsp3) is 0.389. The number of nitrogen functional groups attached to an aromatic ring is 1. The standard InChI is InChI=1S/C28H35N5O.C4H7F2N.C4H8/c1-5-8-9-11-23(19-34)27-16-24(25(17-29)28(30)33-27)22-13-12-21(10-6-2)26(15-22)32-20(4)18-31-14-7-3;1-3(7)4(2,5)6;1-4-2-3-4/h5,8-9,11-13,15-16,19,31-32,34H,4,6-7,10,14,18H2,1-3H3,(H2,30,33);1,7H2,2H3;4H,2-3H2,1H3/b8-5-,11-9-,23-19-;;. The van der Waals surface area contributed by atoms with E-state index >= 15 is 0 Å². The highest BCUT2D eigenvalue weighted by molar-refractivity contribution is 5.83. The molecule has 0 amide bonds. The second-order valence-electron chi connectivity index (χ2n) is 11.0. The van der Waals surface area contributed by atoms with Crippen molar-refractivity contribution in [3.63, 3.8) is 0 Å². The lowest BCUT2D eigenvalue weighted by Gasteiger charge is -2.17. The molecule has 7 nitrogen and oxygen atoms in total. The zero-order valence-electron chi connectivity index (χ0n) is 27.4. The summed E-state index contributed by atoms with van der Waals surface area (Å²) in [6.45, 7) is 17.8. The van der Waals surface area contributed by atoms with Gasteiger partial charge in [-0.25, -0.2) is 13.8 Å². The molecular formula is C36H50F2N6O. The molecule has 0 atom stereocenters. The van der Waals surface area contributed by atoms with Crippen molar-refractivity contribution in [3.05, 3.63) is 96.2 Å². The quantitative estimate of drug-likeness (QED) is 0.0860. The van der Waals surface area contributed by atoms with Crippen LogP contribution in [0, 0.1) is 17.2 Å². The van der Waals surface area contributed by atoms with Crippen molar-refractivity contribution in [1.29, 1.82) is 5.26 Å². The van der Waals surface area contributed by atoms with Crippen LogP contribution >= 0.6 is 0 Å². The summed E-state index contributed by atoms with van der Waals surface area (Å²) in [5.74, 6) is -1.71. The third-order valence-corrected chi connectivity index (χ3v) is 6.62. The molecule has 0 saturated heterocycles. The van der Waals surface area contributed by atoms with Crippen LogP contribution in [-0.2, 0) is 6.42 Å². The van der Waals surface area contributed by atoms with Crippen molar-refractivity contribution < 1.29 is 13.9 Å². The number of nitrogens with one attached hydrogen (secondary N) is 2. The Morgan fingerprint density at radius 1 is 1.20 bits per heavy atom. The molecule has 0 unspecified atom stereocenters. The maximum absolute atomic E-state index is 11.6. The molecular weight excluding hydrogens is 570 g/mol. The highest BCUT2D eigenvalue weighted by Crippen LogP contribution is 2.33. The van der Waals surface area contributed by atoms with Crippen molar-refractivity contribution in [2.75, 3.05) is 24.1 Å². The fourth-order valence-electron chi connectivity index (χ4n) is 3.69. The molecule has 3 rings (SSSR count). The number of allylic oxidation sites excluding steroid dienone is 6. The minimum Gasteiger partial charge on any atom is -0.515 e. The number of rotatable bonds is 13. The molecule has 0 spiro atoms. The lowest BCUT2D eigenvalue weighted by molar-refractivity contribution is 0.0623. The number of halogens is 2. The number of hydrogen-bond acceptors (Lipinski definition) is 7. The number of aromatic nitrogens is 1. The van der Waals surface area contributed by atoms with Gasteiger partial charge in [-0.2, -0.15) is 5.26 Å². The first-order valence-electron chi connectivity index (χ1n) is 15.3. The highest BCUT2D eigenvalue weighted by Gasteiger charge is 2.22. The number of alkyl halides is 2. The topological polar surface area (TPSA) is 133 Å². The number of aliphatic hydroxyl groups is 1. The zero-order valence-corrected chi connectivity index (χ0v) is 27.4. The Hall–Kier alpha value is -4.42. The normalized spacial score (nSPS) is 13.0. The molecule has 9 heteroatoms. The van der Waals surface area contributed by atoms with Crippen LogP contribution in [0.5, 0.6) is 0 Å². The number of benzene rings is 1. The highest BCUT2D eigenvalue weighted by atomic mass is 19.3. The van der Waals surface area contributed by atoms with E-state index in [1.54, 1.807) is 18.2 Å².